The van der Waals surface area contributed by atoms with E-state index in [4.69, 9.17) is 3.73 Å². The van der Waals surface area contributed by atoms with Crippen molar-refractivity contribution in [2.24, 2.45) is 0 Å². The number of aromatic hydroxyl groups is 1. The van der Waals surface area contributed by atoms with Gasteiger partial charge in [0.25, 0.3) is 0 Å². The number of carbonyl (C=O) groups excluding carboxylic acids is 2. The quantitative estimate of drug-likeness (QED) is 0.493. The number of anilines is 1. The second-order valence-electron chi connectivity index (χ2n) is 5.02. The number of methoxy groups -OCH3 is 1. The summed E-state index contributed by atoms with van der Waals surface area (Å²) in [6, 6.07) is 9.32. The first-order chi connectivity index (χ1) is 11.7. The first-order valence-electron chi connectivity index (χ1n) is 7.05. The summed E-state index contributed by atoms with van der Waals surface area (Å²) in [5.41, 5.74) is 0.428. The Morgan fingerprint density at radius 1 is 1.16 bits per heavy atom. The molecular weight excluding hydrogens is 393 g/mol. The van der Waals surface area contributed by atoms with Crippen LogP contribution in [0.3, 0.4) is 0 Å². The van der Waals surface area contributed by atoms with Gasteiger partial charge in [0, 0.05) is 0 Å². The van der Waals surface area contributed by atoms with Crippen LogP contribution in [-0.4, -0.2) is 42.4 Å². The van der Waals surface area contributed by atoms with Crippen LogP contribution in [0.15, 0.2) is 42.5 Å². The van der Waals surface area contributed by atoms with Crippen LogP contribution in [0.25, 0.3) is 0 Å². The normalized spacial score (nSPS) is 12.8. The monoisotopic (exact) mass is 409 g/mol. The molecule has 1 atom stereocenters. The number of hydrogen-bond acceptors (Lipinski definition) is 6. The number of nitrogens with one attached hydrogen (secondary N) is 1. The fraction of sp³-hybridized carbons (Fsp3) is 0.125. The van der Waals surface area contributed by atoms with Gasteiger partial charge in [-0.3, -0.25) is 0 Å². The van der Waals surface area contributed by atoms with E-state index in [-0.39, 0.29) is 27.3 Å². The molecule has 0 saturated heterocycles. The van der Waals surface area contributed by atoms with Crippen LogP contribution in [-0.2, 0) is 13.3 Å². The van der Waals surface area contributed by atoms with E-state index in [1.54, 1.807) is 0 Å². The van der Waals surface area contributed by atoms with Gasteiger partial charge in [0.1, 0.15) is 0 Å². The van der Waals surface area contributed by atoms with E-state index >= 15 is 0 Å². The first kappa shape index (κ1) is 18.6. The molecule has 0 fully saturated rings. The van der Waals surface area contributed by atoms with Gasteiger partial charge in [-0.15, -0.1) is 0 Å². The number of amides is 1. The zero-order chi connectivity index (χ0) is 18.6. The van der Waals surface area contributed by atoms with Crippen LogP contribution >= 0.6 is 0 Å². The van der Waals surface area contributed by atoms with Crippen molar-refractivity contribution >= 4 is 36.1 Å². The Balaban J connectivity index is 2.29. The summed E-state index contributed by atoms with van der Waals surface area (Å²) >= 11 is -5.15. The maximum absolute atomic E-state index is 12.5. The molecule has 2 rings (SSSR count). The summed E-state index contributed by atoms with van der Waals surface area (Å²) in [6.07, 6.45) is 0. The minimum atomic E-state index is -5.15. The summed E-state index contributed by atoms with van der Waals surface area (Å²) in [5.74, 6) is -1.47. The van der Waals surface area contributed by atoms with Gasteiger partial charge in [0.05, 0.1) is 0 Å². The average Bonchev–Trinajstić information content (AvgIpc) is 2.53. The zero-order valence-corrected chi connectivity index (χ0v) is 15.3. The fourth-order valence-corrected chi connectivity index (χ4v) is 4.37. The van der Waals surface area contributed by atoms with Crippen molar-refractivity contribution in [2.45, 2.75) is 6.92 Å². The third kappa shape index (κ3) is 4.65. The molecule has 0 radical (unpaired) electrons. The van der Waals surface area contributed by atoms with Gasteiger partial charge >= 0.3 is 146 Å². The Hall–Kier alpha value is -2.70. The van der Waals surface area contributed by atoms with E-state index in [9.17, 15) is 22.5 Å². The summed E-state index contributed by atoms with van der Waals surface area (Å²) in [7, 11) is 1.21. The molecule has 9 heteroatoms. The van der Waals surface area contributed by atoms with Crippen LogP contribution in [0.2, 0.25) is 0 Å². The molecule has 0 aliphatic heterocycles. The Labute approximate surface area is 146 Å². The summed E-state index contributed by atoms with van der Waals surface area (Å²) in [4.78, 5) is 22.5. The summed E-state index contributed by atoms with van der Waals surface area (Å²) in [6.45, 7) is 1.29. The van der Waals surface area contributed by atoms with Gasteiger partial charge in [0.2, 0.25) is 0 Å². The maximum atomic E-state index is 12.5. The Kier molecular flexibility index (Phi) is 5.56. The number of hydrogen-bond donors (Lipinski definition) is 3. The summed E-state index contributed by atoms with van der Waals surface area (Å²) < 4.78 is 32.2. The predicted molar refractivity (Wildman–Crippen MR) is 89.1 cm³/mol. The van der Waals surface area contributed by atoms with Crippen molar-refractivity contribution in [2.75, 3.05) is 12.4 Å². The molecule has 0 bridgehead atoms. The van der Waals surface area contributed by atoms with Crippen LogP contribution in [0.4, 0.5) is 5.69 Å². The number of esters is 1. The van der Waals surface area contributed by atoms with E-state index in [0.29, 0.717) is 0 Å². The van der Waals surface area contributed by atoms with Crippen molar-refractivity contribution < 1.29 is 31.0 Å². The van der Waals surface area contributed by atoms with Gasteiger partial charge in [-0.2, -0.15) is 0 Å². The van der Waals surface area contributed by atoms with Gasteiger partial charge in [0.15, 0.2) is 0 Å². The molecule has 2 aromatic rings. The van der Waals surface area contributed by atoms with Crippen molar-refractivity contribution in [3.8, 4) is 11.5 Å². The second-order valence-corrected chi connectivity index (χ2v) is 8.59. The van der Waals surface area contributed by atoms with Crippen molar-refractivity contribution in [3.05, 3.63) is 48.0 Å². The Morgan fingerprint density at radius 3 is 2.48 bits per heavy atom. The van der Waals surface area contributed by atoms with Crippen LogP contribution in [0.5, 0.6) is 11.5 Å². The van der Waals surface area contributed by atoms with Crippen molar-refractivity contribution in [1.29, 1.82) is 0 Å². The molecule has 0 aliphatic carbocycles. The Morgan fingerprint density at radius 2 is 1.88 bits per heavy atom. The first-order valence-corrected chi connectivity index (χ1v) is 10.4. The van der Waals surface area contributed by atoms with E-state index in [1.165, 1.54) is 50.4 Å². The van der Waals surface area contributed by atoms with Crippen LogP contribution in [0, 0.1) is 0 Å². The molecular formula is C16H16AsNO7. The molecule has 0 aliphatic rings. The molecule has 1 amide bonds. The third-order valence-corrected chi connectivity index (χ3v) is 6.12. The van der Waals surface area contributed by atoms with E-state index in [0.717, 1.165) is 6.07 Å². The van der Waals surface area contributed by atoms with E-state index < -0.39 is 25.9 Å². The van der Waals surface area contributed by atoms with Gasteiger partial charge in [-0.25, -0.2) is 0 Å². The standard InChI is InChI=1S/C16H16AsNO7/c1-10(19)18-12-6-7-14(15(20)9-12)17(22,23)25-13-5-3-4-11(8-13)16(21)24-2/h3-9,20H,1-2H3,(H,18,19)(H,22,23). The topological polar surface area (TPSA) is 122 Å². The fourth-order valence-electron chi connectivity index (χ4n) is 2.03. The van der Waals surface area contributed by atoms with E-state index in [1.807, 2.05) is 0 Å². The van der Waals surface area contributed by atoms with Gasteiger partial charge < -0.3 is 0 Å². The van der Waals surface area contributed by atoms with Crippen molar-refractivity contribution in [1.82, 2.24) is 0 Å². The molecule has 8 nitrogen and oxygen atoms in total. The number of ether oxygens (including phenoxy) is 1. The molecule has 3 N–H and O–H groups in total. The van der Waals surface area contributed by atoms with Gasteiger partial charge in [-0.1, -0.05) is 0 Å². The third-order valence-electron chi connectivity index (χ3n) is 3.08. The molecule has 25 heavy (non-hydrogen) atoms. The average molecular weight is 409 g/mol. The predicted octanol–water partition coefficient (Wildman–Crippen LogP) is 0.785. The second kappa shape index (κ2) is 7.46. The number of benzene rings is 2. The molecule has 132 valence electrons. The van der Waals surface area contributed by atoms with E-state index in [2.05, 4.69) is 10.1 Å². The summed E-state index contributed by atoms with van der Waals surface area (Å²) in [5, 5.41) is 12.4. The van der Waals surface area contributed by atoms with Gasteiger partial charge in [-0.05, 0) is 0 Å². The minimum absolute atomic E-state index is 0.0155. The molecule has 2 aromatic carbocycles. The molecule has 0 saturated carbocycles. The zero-order valence-electron chi connectivity index (χ0n) is 13.4. The molecule has 0 aromatic heterocycles. The molecule has 0 spiro atoms. The molecule has 1 unspecified atom stereocenters. The van der Waals surface area contributed by atoms with Crippen LogP contribution in [0.1, 0.15) is 17.3 Å². The number of phenols is 1. The SMILES string of the molecule is COC(=O)c1cccc(O[As](=O)(O)c2ccc(NC(C)=O)cc2O)c1. The number of rotatable bonds is 5. The Bertz CT molecular complexity index is 865. The number of phenolic OH excluding ortho intramolecular Hbond substituents is 1. The van der Waals surface area contributed by atoms with Crippen LogP contribution < -0.4 is 13.4 Å². The van der Waals surface area contributed by atoms with Crippen molar-refractivity contribution in [3.63, 3.8) is 0 Å². The number of carbonyl (C=O) groups is 2. The molecule has 0 heterocycles.